The van der Waals surface area contributed by atoms with Crippen LogP contribution in [0, 0.1) is 12.8 Å². The normalized spacial score (nSPS) is 10.8. The fourth-order valence-electron chi connectivity index (χ4n) is 2.33. The fraction of sp³-hybridized carbons (Fsp3) is 0.389. The quantitative estimate of drug-likeness (QED) is 0.834. The average molecular weight is 313 g/mol. The van der Waals surface area contributed by atoms with E-state index >= 15 is 0 Å². The van der Waals surface area contributed by atoms with Gasteiger partial charge in [-0.05, 0) is 37.8 Å². The summed E-state index contributed by atoms with van der Waals surface area (Å²) in [5.74, 6) is 0.183. The molecule has 122 valence electrons. The van der Waals surface area contributed by atoms with Gasteiger partial charge in [-0.3, -0.25) is 9.59 Å². The Labute approximate surface area is 136 Å². The van der Waals surface area contributed by atoms with Gasteiger partial charge in [0.2, 0.25) is 5.43 Å². The lowest BCUT2D eigenvalue weighted by molar-refractivity contribution is 0.0944. The molecule has 0 atom stereocenters. The number of rotatable bonds is 6. The Morgan fingerprint density at radius 3 is 2.61 bits per heavy atom. The maximum atomic E-state index is 12.2. The van der Waals surface area contributed by atoms with Crippen LogP contribution in [0.15, 0.2) is 41.2 Å². The standard InChI is InChI=1S/C18H23N3O2/c1-13(2)8-7-11-19-18(23)17-16(22)12-14(3)21(20-17)15-9-5-4-6-10-15/h4-6,9-10,12-13H,7-8,11H2,1-3H3,(H,19,23). The van der Waals surface area contributed by atoms with Crippen LogP contribution >= 0.6 is 0 Å². The van der Waals surface area contributed by atoms with Crippen molar-refractivity contribution in [2.45, 2.75) is 33.6 Å². The second kappa shape index (κ2) is 7.72. The molecule has 0 bridgehead atoms. The molecular formula is C18H23N3O2. The van der Waals surface area contributed by atoms with Crippen molar-refractivity contribution in [2.24, 2.45) is 5.92 Å². The number of para-hydroxylation sites is 1. The zero-order valence-corrected chi connectivity index (χ0v) is 13.9. The predicted molar refractivity (Wildman–Crippen MR) is 91.0 cm³/mol. The summed E-state index contributed by atoms with van der Waals surface area (Å²) in [6.45, 7) is 6.63. The first-order valence-corrected chi connectivity index (χ1v) is 7.93. The molecule has 0 aliphatic carbocycles. The number of carbonyl (C=O) groups is 1. The molecule has 0 saturated carbocycles. The largest absolute Gasteiger partial charge is 0.351 e. The van der Waals surface area contributed by atoms with Crippen molar-refractivity contribution in [1.82, 2.24) is 15.1 Å². The minimum absolute atomic E-state index is 0.0657. The minimum atomic E-state index is -0.413. The van der Waals surface area contributed by atoms with Gasteiger partial charge in [0.1, 0.15) is 0 Å². The van der Waals surface area contributed by atoms with E-state index in [9.17, 15) is 9.59 Å². The highest BCUT2D eigenvalue weighted by molar-refractivity contribution is 5.92. The summed E-state index contributed by atoms with van der Waals surface area (Å²) in [6.07, 6.45) is 1.93. The van der Waals surface area contributed by atoms with Crippen LogP contribution in [0.4, 0.5) is 0 Å². The van der Waals surface area contributed by atoms with Gasteiger partial charge in [-0.15, -0.1) is 0 Å². The summed E-state index contributed by atoms with van der Waals surface area (Å²) in [4.78, 5) is 24.3. The Bertz CT molecular complexity index is 721. The molecule has 5 nitrogen and oxygen atoms in total. The maximum absolute atomic E-state index is 12.2. The summed E-state index contributed by atoms with van der Waals surface area (Å²) in [5, 5.41) is 7.03. The third kappa shape index (κ3) is 4.52. The zero-order chi connectivity index (χ0) is 16.8. The number of nitrogens with zero attached hydrogens (tertiary/aromatic N) is 2. The molecule has 1 amide bonds. The Kier molecular flexibility index (Phi) is 5.68. The highest BCUT2D eigenvalue weighted by Crippen LogP contribution is 2.08. The van der Waals surface area contributed by atoms with E-state index in [0.717, 1.165) is 18.5 Å². The zero-order valence-electron chi connectivity index (χ0n) is 13.9. The molecule has 1 heterocycles. The van der Waals surface area contributed by atoms with Crippen LogP contribution in [0.5, 0.6) is 0 Å². The Balaban J connectivity index is 2.19. The molecule has 1 N–H and O–H groups in total. The lowest BCUT2D eigenvalue weighted by Gasteiger charge is -2.11. The first-order chi connectivity index (χ1) is 11.0. The molecule has 1 aromatic carbocycles. The molecular weight excluding hydrogens is 290 g/mol. The lowest BCUT2D eigenvalue weighted by Crippen LogP contribution is -2.32. The predicted octanol–water partition coefficient (Wildman–Crippen LogP) is 2.71. The van der Waals surface area contributed by atoms with Gasteiger partial charge >= 0.3 is 0 Å². The van der Waals surface area contributed by atoms with E-state index in [2.05, 4.69) is 24.3 Å². The number of carbonyl (C=O) groups excluding carboxylic acids is 1. The van der Waals surface area contributed by atoms with Gasteiger partial charge in [0.15, 0.2) is 5.69 Å². The topological polar surface area (TPSA) is 64.0 Å². The van der Waals surface area contributed by atoms with Crippen molar-refractivity contribution in [2.75, 3.05) is 6.54 Å². The van der Waals surface area contributed by atoms with Crippen LogP contribution in [-0.4, -0.2) is 22.2 Å². The van der Waals surface area contributed by atoms with E-state index in [-0.39, 0.29) is 11.1 Å². The van der Waals surface area contributed by atoms with Gasteiger partial charge in [-0.2, -0.15) is 5.10 Å². The maximum Gasteiger partial charge on any atom is 0.275 e. The van der Waals surface area contributed by atoms with Crippen LogP contribution < -0.4 is 10.7 Å². The molecule has 0 aliphatic heterocycles. The SMILES string of the molecule is Cc1cc(=O)c(C(=O)NCCCC(C)C)nn1-c1ccccc1. The molecule has 0 saturated heterocycles. The molecule has 0 fully saturated rings. The molecule has 1 aromatic heterocycles. The molecule has 23 heavy (non-hydrogen) atoms. The summed E-state index contributed by atoms with van der Waals surface area (Å²) in [5.41, 5.74) is 1.09. The first kappa shape index (κ1) is 16.9. The van der Waals surface area contributed by atoms with Crippen molar-refractivity contribution < 1.29 is 4.79 Å². The average Bonchev–Trinajstić information content (AvgIpc) is 2.52. The second-order valence-electron chi connectivity index (χ2n) is 6.04. The molecule has 2 aromatic rings. The summed E-state index contributed by atoms with van der Waals surface area (Å²) >= 11 is 0. The van der Waals surface area contributed by atoms with Crippen LogP contribution in [0.3, 0.4) is 0 Å². The van der Waals surface area contributed by atoms with Gasteiger partial charge in [0, 0.05) is 18.3 Å². The third-order valence-electron chi connectivity index (χ3n) is 3.57. The van der Waals surface area contributed by atoms with Crippen LogP contribution in [-0.2, 0) is 0 Å². The van der Waals surface area contributed by atoms with E-state index in [1.54, 1.807) is 11.6 Å². The molecule has 0 spiro atoms. The molecule has 0 radical (unpaired) electrons. The summed E-state index contributed by atoms with van der Waals surface area (Å²) in [6, 6.07) is 10.9. The van der Waals surface area contributed by atoms with Gasteiger partial charge in [0.05, 0.1) is 5.69 Å². The number of hydrogen-bond acceptors (Lipinski definition) is 3. The fourth-order valence-corrected chi connectivity index (χ4v) is 2.33. The van der Waals surface area contributed by atoms with Crippen LogP contribution in [0.1, 0.15) is 42.9 Å². The number of nitrogens with one attached hydrogen (secondary N) is 1. The Morgan fingerprint density at radius 2 is 1.96 bits per heavy atom. The Morgan fingerprint density at radius 1 is 1.26 bits per heavy atom. The van der Waals surface area contributed by atoms with E-state index in [1.807, 2.05) is 30.3 Å². The summed E-state index contributed by atoms with van der Waals surface area (Å²) in [7, 11) is 0. The minimum Gasteiger partial charge on any atom is -0.351 e. The molecule has 5 heteroatoms. The summed E-state index contributed by atoms with van der Waals surface area (Å²) < 4.78 is 1.62. The molecule has 2 rings (SSSR count). The van der Waals surface area contributed by atoms with Crippen molar-refractivity contribution in [3.63, 3.8) is 0 Å². The Hall–Kier alpha value is -2.43. The van der Waals surface area contributed by atoms with Crippen LogP contribution in [0.2, 0.25) is 0 Å². The highest BCUT2D eigenvalue weighted by atomic mass is 16.2. The van der Waals surface area contributed by atoms with E-state index in [4.69, 9.17) is 0 Å². The molecule has 0 unspecified atom stereocenters. The number of amides is 1. The first-order valence-electron chi connectivity index (χ1n) is 7.93. The van der Waals surface area contributed by atoms with E-state index < -0.39 is 5.91 Å². The van der Waals surface area contributed by atoms with Gasteiger partial charge in [0.25, 0.3) is 5.91 Å². The van der Waals surface area contributed by atoms with E-state index in [0.29, 0.717) is 18.2 Å². The van der Waals surface area contributed by atoms with Crippen molar-refractivity contribution in [3.05, 3.63) is 58.0 Å². The number of aromatic nitrogens is 2. The van der Waals surface area contributed by atoms with Gasteiger partial charge < -0.3 is 5.32 Å². The number of aryl methyl sites for hydroxylation is 1. The van der Waals surface area contributed by atoms with Crippen molar-refractivity contribution >= 4 is 5.91 Å². The van der Waals surface area contributed by atoms with Gasteiger partial charge in [-0.1, -0.05) is 32.0 Å². The smallest absolute Gasteiger partial charge is 0.275 e. The second-order valence-corrected chi connectivity index (χ2v) is 6.04. The third-order valence-corrected chi connectivity index (χ3v) is 3.57. The van der Waals surface area contributed by atoms with Crippen molar-refractivity contribution in [3.8, 4) is 5.69 Å². The molecule has 0 aliphatic rings. The van der Waals surface area contributed by atoms with E-state index in [1.165, 1.54) is 6.07 Å². The monoisotopic (exact) mass is 313 g/mol. The van der Waals surface area contributed by atoms with Crippen LogP contribution in [0.25, 0.3) is 5.69 Å². The van der Waals surface area contributed by atoms with Gasteiger partial charge in [-0.25, -0.2) is 4.68 Å². The lowest BCUT2D eigenvalue weighted by atomic mass is 10.1. The highest BCUT2D eigenvalue weighted by Gasteiger charge is 2.14. The number of hydrogen-bond donors (Lipinski definition) is 1. The number of benzene rings is 1. The van der Waals surface area contributed by atoms with Crippen molar-refractivity contribution in [1.29, 1.82) is 0 Å².